The lowest BCUT2D eigenvalue weighted by atomic mass is 10.2. The van der Waals surface area contributed by atoms with Gasteiger partial charge < -0.3 is 14.4 Å². The van der Waals surface area contributed by atoms with E-state index in [0.29, 0.717) is 28.9 Å². The highest BCUT2D eigenvalue weighted by Crippen LogP contribution is 2.29. The molecule has 0 spiro atoms. The Hall–Kier alpha value is -2.08. The molecule has 1 aromatic carbocycles. The van der Waals surface area contributed by atoms with E-state index in [1.807, 2.05) is 14.1 Å². The Labute approximate surface area is 123 Å². The smallest absolute Gasteiger partial charge is 0.261 e. The molecule has 0 saturated carbocycles. The maximum absolute atomic E-state index is 12.5. The third-order valence-corrected chi connectivity index (χ3v) is 3.33. The molecule has 1 aromatic heterocycles. The van der Waals surface area contributed by atoms with Gasteiger partial charge in [0.1, 0.15) is 0 Å². The van der Waals surface area contributed by atoms with Gasteiger partial charge in [0, 0.05) is 12.6 Å². The molecule has 6 heteroatoms. The summed E-state index contributed by atoms with van der Waals surface area (Å²) < 4.78 is 12.1. The predicted molar refractivity (Wildman–Crippen MR) is 82.3 cm³/mol. The van der Waals surface area contributed by atoms with E-state index in [2.05, 4.69) is 9.88 Å². The van der Waals surface area contributed by atoms with E-state index in [-0.39, 0.29) is 5.56 Å². The summed E-state index contributed by atoms with van der Waals surface area (Å²) in [5.74, 6) is 1.11. The van der Waals surface area contributed by atoms with Gasteiger partial charge in [0.05, 0.1) is 31.4 Å². The minimum Gasteiger partial charge on any atom is -0.493 e. The van der Waals surface area contributed by atoms with Crippen LogP contribution in [0.1, 0.15) is 6.42 Å². The van der Waals surface area contributed by atoms with E-state index in [9.17, 15) is 4.79 Å². The largest absolute Gasteiger partial charge is 0.493 e. The summed E-state index contributed by atoms with van der Waals surface area (Å²) >= 11 is 0. The number of nitrogens with zero attached hydrogens (tertiary/aromatic N) is 3. The van der Waals surface area contributed by atoms with Gasteiger partial charge in [0.2, 0.25) is 0 Å². The second-order valence-electron chi connectivity index (χ2n) is 5.12. The number of aryl methyl sites for hydroxylation is 1. The summed E-state index contributed by atoms with van der Waals surface area (Å²) in [5.41, 5.74) is 0.557. The number of hydrogen-bond acceptors (Lipinski definition) is 5. The third-order valence-electron chi connectivity index (χ3n) is 3.33. The van der Waals surface area contributed by atoms with Crippen molar-refractivity contribution in [3.8, 4) is 11.5 Å². The van der Waals surface area contributed by atoms with Gasteiger partial charge in [-0.25, -0.2) is 4.98 Å². The molecule has 0 aliphatic rings. The second kappa shape index (κ2) is 6.58. The summed E-state index contributed by atoms with van der Waals surface area (Å²) in [7, 11) is 7.14. The van der Waals surface area contributed by atoms with Crippen LogP contribution in [0.5, 0.6) is 11.5 Å². The van der Waals surface area contributed by atoms with Crippen LogP contribution < -0.4 is 15.0 Å². The first kappa shape index (κ1) is 15.3. The number of rotatable bonds is 6. The normalized spacial score (nSPS) is 11.1. The molecule has 0 radical (unpaired) electrons. The molecule has 0 aliphatic carbocycles. The molecule has 21 heavy (non-hydrogen) atoms. The third kappa shape index (κ3) is 3.33. The van der Waals surface area contributed by atoms with Crippen LogP contribution in [-0.2, 0) is 6.54 Å². The molecule has 0 aliphatic heterocycles. The lowest BCUT2D eigenvalue weighted by molar-refractivity contribution is 0.355. The van der Waals surface area contributed by atoms with Gasteiger partial charge in [0.15, 0.2) is 11.5 Å². The summed E-state index contributed by atoms with van der Waals surface area (Å²) in [5, 5.41) is 0.542. The Morgan fingerprint density at radius 1 is 1.19 bits per heavy atom. The second-order valence-corrected chi connectivity index (χ2v) is 5.12. The molecule has 0 amide bonds. The van der Waals surface area contributed by atoms with Crippen LogP contribution in [0.3, 0.4) is 0 Å². The number of benzene rings is 1. The van der Waals surface area contributed by atoms with Crippen molar-refractivity contribution >= 4 is 10.9 Å². The minimum atomic E-state index is -0.0558. The Morgan fingerprint density at radius 3 is 2.48 bits per heavy atom. The van der Waals surface area contributed by atoms with Crippen LogP contribution in [0.2, 0.25) is 0 Å². The fraction of sp³-hybridized carbons (Fsp3) is 0.467. The molecular weight excluding hydrogens is 270 g/mol. The number of ether oxygens (including phenoxy) is 2. The lowest BCUT2D eigenvalue weighted by Gasteiger charge is -2.12. The van der Waals surface area contributed by atoms with Crippen LogP contribution in [0.25, 0.3) is 10.9 Å². The maximum Gasteiger partial charge on any atom is 0.261 e. The fourth-order valence-corrected chi connectivity index (χ4v) is 2.20. The molecule has 0 unspecified atom stereocenters. The Bertz CT molecular complexity index is 680. The molecule has 0 fully saturated rings. The van der Waals surface area contributed by atoms with Gasteiger partial charge >= 0.3 is 0 Å². The molecule has 2 aromatic rings. The van der Waals surface area contributed by atoms with Crippen LogP contribution in [0.4, 0.5) is 0 Å². The Kier molecular flexibility index (Phi) is 4.80. The molecule has 0 bridgehead atoms. The molecule has 0 saturated heterocycles. The lowest BCUT2D eigenvalue weighted by Crippen LogP contribution is -2.23. The monoisotopic (exact) mass is 291 g/mol. The number of methoxy groups -OCH3 is 2. The number of aromatic nitrogens is 2. The molecule has 114 valence electrons. The van der Waals surface area contributed by atoms with Gasteiger partial charge in [-0.15, -0.1) is 0 Å². The first-order valence-electron chi connectivity index (χ1n) is 6.82. The van der Waals surface area contributed by atoms with Gasteiger partial charge in [-0.1, -0.05) is 0 Å². The van der Waals surface area contributed by atoms with E-state index in [1.54, 1.807) is 37.2 Å². The quantitative estimate of drug-likeness (QED) is 0.804. The molecule has 0 atom stereocenters. The van der Waals surface area contributed by atoms with Crippen LogP contribution >= 0.6 is 0 Å². The van der Waals surface area contributed by atoms with Gasteiger partial charge in [-0.05, 0) is 33.1 Å². The zero-order valence-corrected chi connectivity index (χ0v) is 12.9. The van der Waals surface area contributed by atoms with Crippen molar-refractivity contribution in [3.63, 3.8) is 0 Å². The van der Waals surface area contributed by atoms with E-state index in [0.717, 1.165) is 13.0 Å². The van der Waals surface area contributed by atoms with Crippen LogP contribution in [0.15, 0.2) is 23.3 Å². The highest BCUT2D eigenvalue weighted by molar-refractivity contribution is 5.81. The average Bonchev–Trinajstić information content (AvgIpc) is 2.48. The topological polar surface area (TPSA) is 56.6 Å². The molecule has 6 nitrogen and oxygen atoms in total. The van der Waals surface area contributed by atoms with Crippen LogP contribution in [-0.4, -0.2) is 49.3 Å². The van der Waals surface area contributed by atoms with Crippen molar-refractivity contribution < 1.29 is 9.47 Å². The van der Waals surface area contributed by atoms with Crippen molar-refractivity contribution in [3.05, 3.63) is 28.8 Å². The summed E-state index contributed by atoms with van der Waals surface area (Å²) in [6.45, 7) is 1.57. The van der Waals surface area contributed by atoms with Crippen molar-refractivity contribution in [1.82, 2.24) is 14.5 Å². The summed E-state index contributed by atoms with van der Waals surface area (Å²) in [4.78, 5) is 18.9. The highest BCUT2D eigenvalue weighted by Gasteiger charge is 2.10. The standard InChI is InChI=1S/C15H21N3O3/c1-17(2)6-5-7-18-10-16-12-9-14(21-4)13(20-3)8-11(12)15(18)19/h8-10H,5-7H2,1-4H3. The van der Waals surface area contributed by atoms with Gasteiger partial charge in [0.25, 0.3) is 5.56 Å². The molecular formula is C15H21N3O3. The number of fused-ring (bicyclic) bond motifs is 1. The zero-order chi connectivity index (χ0) is 15.4. The fourth-order valence-electron chi connectivity index (χ4n) is 2.20. The zero-order valence-electron chi connectivity index (χ0n) is 12.9. The van der Waals surface area contributed by atoms with Crippen molar-refractivity contribution in [1.29, 1.82) is 0 Å². The van der Waals surface area contributed by atoms with E-state index in [1.165, 1.54) is 0 Å². The van der Waals surface area contributed by atoms with Crippen molar-refractivity contribution in [2.24, 2.45) is 0 Å². The van der Waals surface area contributed by atoms with Crippen molar-refractivity contribution in [2.75, 3.05) is 34.9 Å². The molecule has 2 rings (SSSR count). The Morgan fingerprint density at radius 2 is 1.86 bits per heavy atom. The summed E-state index contributed by atoms with van der Waals surface area (Å²) in [6.07, 6.45) is 2.49. The first-order chi connectivity index (χ1) is 10.1. The highest BCUT2D eigenvalue weighted by atomic mass is 16.5. The molecule has 0 N–H and O–H groups in total. The minimum absolute atomic E-state index is 0.0558. The van der Waals surface area contributed by atoms with Gasteiger partial charge in [-0.2, -0.15) is 0 Å². The van der Waals surface area contributed by atoms with Crippen molar-refractivity contribution in [2.45, 2.75) is 13.0 Å². The maximum atomic E-state index is 12.5. The van der Waals surface area contributed by atoms with E-state index < -0.39 is 0 Å². The van der Waals surface area contributed by atoms with E-state index in [4.69, 9.17) is 9.47 Å². The predicted octanol–water partition coefficient (Wildman–Crippen LogP) is 1.37. The first-order valence-corrected chi connectivity index (χ1v) is 6.82. The van der Waals surface area contributed by atoms with E-state index >= 15 is 0 Å². The average molecular weight is 291 g/mol. The summed E-state index contributed by atoms with van der Waals surface area (Å²) in [6, 6.07) is 3.41. The van der Waals surface area contributed by atoms with Gasteiger partial charge in [-0.3, -0.25) is 9.36 Å². The molecule has 1 heterocycles. The SMILES string of the molecule is COc1cc2ncn(CCCN(C)C)c(=O)c2cc1OC. The van der Waals surface area contributed by atoms with Crippen LogP contribution in [0, 0.1) is 0 Å². The Balaban J connectivity index is 2.39. The number of hydrogen-bond donors (Lipinski definition) is 0.